The van der Waals surface area contributed by atoms with Crippen LogP contribution in [0.4, 0.5) is 10.5 Å². The van der Waals surface area contributed by atoms with Crippen molar-refractivity contribution in [3.05, 3.63) is 18.2 Å². The van der Waals surface area contributed by atoms with Crippen LogP contribution in [0.15, 0.2) is 23.1 Å². The minimum Gasteiger partial charge on any atom is -0.497 e. The van der Waals surface area contributed by atoms with Crippen LogP contribution >= 0.6 is 11.9 Å². The summed E-state index contributed by atoms with van der Waals surface area (Å²) in [4.78, 5) is 13.0. The maximum absolute atomic E-state index is 11.9. The fraction of sp³-hybridized carbons (Fsp3) is 0.462. The van der Waals surface area contributed by atoms with Crippen molar-refractivity contribution < 1.29 is 9.53 Å². The predicted octanol–water partition coefficient (Wildman–Crippen LogP) is 3.74. The predicted molar refractivity (Wildman–Crippen MR) is 74.1 cm³/mol. The van der Waals surface area contributed by atoms with Crippen LogP contribution in [0.3, 0.4) is 0 Å². The number of hydrogen-bond donors (Lipinski definition) is 1. The van der Waals surface area contributed by atoms with Crippen LogP contribution in [0.5, 0.6) is 5.75 Å². The number of nitrogens with zero attached hydrogens (tertiary/aromatic N) is 1. The van der Waals surface area contributed by atoms with Crippen molar-refractivity contribution in [2.75, 3.05) is 19.0 Å². The number of carbonyl (C=O) groups is 1. The van der Waals surface area contributed by atoms with E-state index in [0.29, 0.717) is 0 Å². The van der Waals surface area contributed by atoms with E-state index < -0.39 is 0 Å². The first-order valence-corrected chi connectivity index (χ1v) is 6.96. The molecule has 0 spiro atoms. The number of ether oxygens (including phenoxy) is 1. The van der Waals surface area contributed by atoms with E-state index in [-0.39, 0.29) is 6.03 Å². The lowest BCUT2D eigenvalue weighted by molar-refractivity contribution is 0.237. The molecule has 18 heavy (non-hydrogen) atoms. The van der Waals surface area contributed by atoms with Gasteiger partial charge in [-0.15, -0.1) is 0 Å². The van der Waals surface area contributed by atoms with Crippen molar-refractivity contribution in [2.24, 2.45) is 0 Å². The van der Waals surface area contributed by atoms with Gasteiger partial charge in [0.25, 0.3) is 0 Å². The maximum Gasteiger partial charge on any atom is 0.332 e. The number of amides is 2. The highest BCUT2D eigenvalue weighted by atomic mass is 32.2. The zero-order valence-electron chi connectivity index (χ0n) is 10.7. The molecule has 0 radical (unpaired) electrons. The summed E-state index contributed by atoms with van der Waals surface area (Å²) in [6.07, 6.45) is 3.36. The summed E-state index contributed by atoms with van der Waals surface area (Å²) in [6.45, 7) is 2.95. The second-order valence-electron chi connectivity index (χ2n) is 4.19. The highest BCUT2D eigenvalue weighted by Crippen LogP contribution is 2.37. The Bertz CT molecular complexity index is 437. The molecule has 1 aliphatic heterocycles. The Hall–Kier alpha value is -1.36. The number of carbonyl (C=O) groups excluding carboxylic acids is 1. The SMILES string of the molecule is CCCCCN1Sc2ccc(OC)cc2NC1=O. The highest BCUT2D eigenvalue weighted by Gasteiger charge is 2.23. The van der Waals surface area contributed by atoms with Crippen LogP contribution in [-0.2, 0) is 0 Å². The van der Waals surface area contributed by atoms with Gasteiger partial charge in [-0.1, -0.05) is 19.8 Å². The molecule has 1 heterocycles. The zero-order chi connectivity index (χ0) is 13.0. The number of urea groups is 1. The summed E-state index contributed by atoms with van der Waals surface area (Å²) in [5.41, 5.74) is 0.830. The van der Waals surface area contributed by atoms with Gasteiger partial charge in [-0.25, -0.2) is 4.79 Å². The lowest BCUT2D eigenvalue weighted by Crippen LogP contribution is -2.33. The maximum atomic E-state index is 11.9. The molecule has 2 rings (SSSR count). The van der Waals surface area contributed by atoms with Crippen LogP contribution in [0.2, 0.25) is 0 Å². The topological polar surface area (TPSA) is 41.6 Å². The molecule has 2 amide bonds. The monoisotopic (exact) mass is 266 g/mol. The second-order valence-corrected chi connectivity index (χ2v) is 5.26. The summed E-state index contributed by atoms with van der Waals surface area (Å²) < 4.78 is 6.93. The second kappa shape index (κ2) is 6.00. The Labute approximate surface area is 112 Å². The van der Waals surface area contributed by atoms with E-state index in [2.05, 4.69) is 12.2 Å². The Kier molecular flexibility index (Phi) is 4.36. The summed E-state index contributed by atoms with van der Waals surface area (Å²) in [6, 6.07) is 5.69. The molecule has 1 N–H and O–H groups in total. The van der Waals surface area contributed by atoms with Gasteiger partial charge in [0.15, 0.2) is 0 Å². The third-order valence-electron chi connectivity index (χ3n) is 2.83. The smallest absolute Gasteiger partial charge is 0.332 e. The highest BCUT2D eigenvalue weighted by molar-refractivity contribution is 7.97. The van der Waals surface area contributed by atoms with Crippen LogP contribution in [0, 0.1) is 0 Å². The number of benzene rings is 1. The largest absolute Gasteiger partial charge is 0.497 e. The van der Waals surface area contributed by atoms with E-state index in [0.717, 1.165) is 42.1 Å². The first kappa shape index (κ1) is 13.1. The quantitative estimate of drug-likeness (QED) is 0.652. The number of methoxy groups -OCH3 is 1. The van der Waals surface area contributed by atoms with Crippen molar-refractivity contribution >= 4 is 23.7 Å². The van der Waals surface area contributed by atoms with Crippen LogP contribution in [0.25, 0.3) is 0 Å². The molecule has 0 aliphatic carbocycles. The van der Waals surface area contributed by atoms with Gasteiger partial charge in [-0.2, -0.15) is 0 Å². The van der Waals surface area contributed by atoms with Crippen molar-refractivity contribution in [3.63, 3.8) is 0 Å². The van der Waals surface area contributed by atoms with Gasteiger partial charge in [-0.05, 0) is 30.5 Å². The molecule has 1 aliphatic rings. The average molecular weight is 266 g/mol. The minimum absolute atomic E-state index is 0.0446. The average Bonchev–Trinajstić information content (AvgIpc) is 2.39. The molecule has 1 aromatic carbocycles. The van der Waals surface area contributed by atoms with Gasteiger partial charge in [0.2, 0.25) is 0 Å². The molecule has 98 valence electrons. The number of rotatable bonds is 5. The Balaban J connectivity index is 2.06. The molecular formula is C13H18N2O2S. The van der Waals surface area contributed by atoms with Gasteiger partial charge >= 0.3 is 6.03 Å². The van der Waals surface area contributed by atoms with Crippen molar-refractivity contribution in [1.82, 2.24) is 4.31 Å². The molecule has 0 bridgehead atoms. The number of unbranched alkanes of at least 4 members (excludes halogenated alkanes) is 2. The number of hydrogen-bond acceptors (Lipinski definition) is 3. The van der Waals surface area contributed by atoms with Crippen molar-refractivity contribution in [3.8, 4) is 5.75 Å². The molecule has 0 atom stereocenters. The summed E-state index contributed by atoms with van der Waals surface area (Å²) in [5, 5.41) is 2.90. The van der Waals surface area contributed by atoms with E-state index in [1.54, 1.807) is 11.4 Å². The third kappa shape index (κ3) is 2.90. The molecule has 0 saturated heterocycles. The van der Waals surface area contributed by atoms with E-state index in [9.17, 15) is 4.79 Å². The molecular weight excluding hydrogens is 248 g/mol. The number of anilines is 1. The zero-order valence-corrected chi connectivity index (χ0v) is 11.5. The fourth-order valence-corrected chi connectivity index (χ4v) is 2.73. The Morgan fingerprint density at radius 3 is 2.94 bits per heavy atom. The molecule has 0 saturated carbocycles. The van der Waals surface area contributed by atoms with Gasteiger partial charge < -0.3 is 10.1 Å². The third-order valence-corrected chi connectivity index (χ3v) is 3.95. The summed E-state index contributed by atoms with van der Waals surface area (Å²) >= 11 is 1.50. The minimum atomic E-state index is -0.0446. The Morgan fingerprint density at radius 2 is 2.22 bits per heavy atom. The van der Waals surface area contributed by atoms with Crippen LogP contribution < -0.4 is 10.1 Å². The van der Waals surface area contributed by atoms with E-state index in [4.69, 9.17) is 4.74 Å². The fourth-order valence-electron chi connectivity index (χ4n) is 1.80. The van der Waals surface area contributed by atoms with Gasteiger partial charge in [-0.3, -0.25) is 4.31 Å². The summed E-state index contributed by atoms with van der Waals surface area (Å²) in [7, 11) is 1.62. The van der Waals surface area contributed by atoms with Gasteiger partial charge in [0.1, 0.15) is 5.75 Å². The van der Waals surface area contributed by atoms with E-state index in [1.807, 2.05) is 18.2 Å². The van der Waals surface area contributed by atoms with Gasteiger partial charge in [0, 0.05) is 12.6 Å². The number of nitrogens with one attached hydrogen (secondary N) is 1. The van der Waals surface area contributed by atoms with Crippen molar-refractivity contribution in [1.29, 1.82) is 0 Å². The van der Waals surface area contributed by atoms with Gasteiger partial charge in [0.05, 0.1) is 17.7 Å². The standard InChI is InChI=1S/C13H18N2O2S/c1-3-4-5-8-15-13(16)14-11-9-10(17-2)6-7-12(11)18-15/h6-7,9H,3-5,8H2,1-2H3,(H,14,16). The van der Waals surface area contributed by atoms with Crippen LogP contribution in [0.1, 0.15) is 26.2 Å². The molecule has 1 aromatic rings. The molecule has 4 nitrogen and oxygen atoms in total. The number of fused-ring (bicyclic) bond motifs is 1. The van der Waals surface area contributed by atoms with Crippen LogP contribution in [-0.4, -0.2) is 24.0 Å². The summed E-state index contributed by atoms with van der Waals surface area (Å²) in [5.74, 6) is 0.758. The van der Waals surface area contributed by atoms with Crippen molar-refractivity contribution in [2.45, 2.75) is 31.1 Å². The molecule has 5 heteroatoms. The first-order valence-electron chi connectivity index (χ1n) is 6.19. The van der Waals surface area contributed by atoms with E-state index in [1.165, 1.54) is 11.9 Å². The lowest BCUT2D eigenvalue weighted by atomic mass is 10.2. The Morgan fingerprint density at radius 1 is 1.39 bits per heavy atom. The lowest BCUT2D eigenvalue weighted by Gasteiger charge is -2.28. The normalized spacial score (nSPS) is 14.1. The first-order chi connectivity index (χ1) is 8.74. The van der Waals surface area contributed by atoms with E-state index >= 15 is 0 Å². The molecule has 0 fully saturated rings. The molecule has 0 aromatic heterocycles. The molecule has 0 unspecified atom stereocenters.